The summed E-state index contributed by atoms with van der Waals surface area (Å²) in [6.07, 6.45) is 9.72. The van der Waals surface area contributed by atoms with Crippen molar-refractivity contribution in [3.05, 3.63) is 53.6 Å². The molecule has 6 rings (SSSR count). The highest BCUT2D eigenvalue weighted by atomic mass is 32.2. The minimum Gasteiger partial charge on any atom is -0.491 e. The average molecular weight is 577 g/mol. The van der Waals surface area contributed by atoms with Crippen molar-refractivity contribution in [1.29, 1.82) is 0 Å². The third kappa shape index (κ3) is 5.90. The predicted molar refractivity (Wildman–Crippen MR) is 160 cm³/mol. The van der Waals surface area contributed by atoms with Gasteiger partial charge in [0.25, 0.3) is 0 Å². The zero-order valence-corrected chi connectivity index (χ0v) is 24.8. The number of nitrogens with two attached hydrogens (primary N) is 2. The lowest BCUT2D eigenvalue weighted by Crippen LogP contribution is -2.31. The van der Waals surface area contributed by atoms with Gasteiger partial charge in [-0.2, -0.15) is 0 Å². The molecule has 1 aliphatic heterocycles. The molecule has 10 heteroatoms. The minimum atomic E-state index is -3.60. The Morgan fingerprint density at radius 3 is 2.68 bits per heavy atom. The van der Waals surface area contributed by atoms with Crippen LogP contribution in [0.15, 0.2) is 41.7 Å². The summed E-state index contributed by atoms with van der Waals surface area (Å²) < 4.78 is 33.0. The van der Waals surface area contributed by atoms with Gasteiger partial charge >= 0.3 is 0 Å². The van der Waals surface area contributed by atoms with Crippen molar-refractivity contribution < 1.29 is 13.2 Å². The molecular weight excluding hydrogens is 536 g/mol. The lowest BCUT2D eigenvalue weighted by Gasteiger charge is -2.33. The number of aromatic nitrogens is 3. The fraction of sp³-hybridized carbons (Fsp3) is 0.516. The number of nitrogen functional groups attached to an aromatic ring is 1. The van der Waals surface area contributed by atoms with Crippen LogP contribution in [0, 0.1) is 11.3 Å². The summed E-state index contributed by atoms with van der Waals surface area (Å²) in [5.41, 5.74) is 17.3. The van der Waals surface area contributed by atoms with E-state index in [0.717, 1.165) is 73.3 Å². The van der Waals surface area contributed by atoms with Gasteiger partial charge in [0, 0.05) is 41.2 Å². The molecule has 0 atom stereocenters. The second kappa shape index (κ2) is 10.9. The fourth-order valence-electron chi connectivity index (χ4n) is 6.50. The van der Waals surface area contributed by atoms with Crippen LogP contribution in [0.4, 0.5) is 11.6 Å². The van der Waals surface area contributed by atoms with Crippen LogP contribution < -0.4 is 21.1 Å². The molecule has 0 bridgehead atoms. The molecule has 1 aromatic carbocycles. The molecule has 3 heterocycles. The molecule has 218 valence electrons. The Labute approximate surface area is 242 Å². The summed E-state index contributed by atoms with van der Waals surface area (Å²) >= 11 is 0. The van der Waals surface area contributed by atoms with Gasteiger partial charge in [-0.15, -0.1) is 0 Å². The van der Waals surface area contributed by atoms with Gasteiger partial charge < -0.3 is 21.1 Å². The molecule has 3 aromatic rings. The number of nitrogens with zero attached hydrogens (tertiary/aromatic N) is 4. The molecule has 4 N–H and O–H groups in total. The first-order valence-corrected chi connectivity index (χ1v) is 16.3. The van der Waals surface area contributed by atoms with Gasteiger partial charge in [-0.05, 0) is 80.0 Å². The van der Waals surface area contributed by atoms with E-state index in [1.165, 1.54) is 5.56 Å². The molecule has 2 aromatic heterocycles. The van der Waals surface area contributed by atoms with Gasteiger partial charge in [0.2, 0.25) is 0 Å². The zero-order chi connectivity index (χ0) is 28.8. The van der Waals surface area contributed by atoms with E-state index in [2.05, 4.69) is 34.8 Å². The van der Waals surface area contributed by atoms with Crippen LogP contribution in [-0.4, -0.2) is 48.3 Å². The van der Waals surface area contributed by atoms with Crippen LogP contribution in [0.3, 0.4) is 0 Å². The smallest absolute Gasteiger partial charge is 0.182 e. The molecule has 2 aliphatic carbocycles. The maximum atomic E-state index is 13.4. The van der Waals surface area contributed by atoms with E-state index in [1.54, 1.807) is 18.6 Å². The number of anilines is 2. The zero-order valence-electron chi connectivity index (χ0n) is 24.0. The van der Waals surface area contributed by atoms with Crippen molar-refractivity contribution in [1.82, 2.24) is 15.0 Å². The van der Waals surface area contributed by atoms with E-state index >= 15 is 0 Å². The highest BCUT2D eigenvalue weighted by Crippen LogP contribution is 2.39. The van der Waals surface area contributed by atoms with Gasteiger partial charge in [0.1, 0.15) is 35.2 Å². The topological polar surface area (TPSA) is 137 Å². The first-order valence-electron chi connectivity index (χ1n) is 14.7. The Balaban J connectivity index is 1.28. The quantitative estimate of drug-likeness (QED) is 0.455. The molecule has 1 fully saturated rings. The summed E-state index contributed by atoms with van der Waals surface area (Å²) in [7, 11) is -3.60. The second-order valence-corrected chi connectivity index (χ2v) is 14.7. The molecule has 9 nitrogen and oxygen atoms in total. The van der Waals surface area contributed by atoms with E-state index in [9.17, 15) is 8.42 Å². The highest BCUT2D eigenvalue weighted by Gasteiger charge is 2.31. The molecule has 3 aliphatic rings. The summed E-state index contributed by atoms with van der Waals surface area (Å²) in [5, 5.41) is 0. The monoisotopic (exact) mass is 576 g/mol. The normalized spacial score (nSPS) is 22.3. The van der Waals surface area contributed by atoms with Crippen molar-refractivity contribution in [3.8, 4) is 16.9 Å². The van der Waals surface area contributed by atoms with Gasteiger partial charge in [0.05, 0.1) is 12.3 Å². The van der Waals surface area contributed by atoms with Crippen molar-refractivity contribution in [2.24, 2.45) is 17.1 Å². The maximum absolute atomic E-state index is 13.4. The highest BCUT2D eigenvalue weighted by molar-refractivity contribution is 7.91. The number of fused-ring (bicyclic) bond motifs is 2. The number of pyridine rings is 1. The van der Waals surface area contributed by atoms with Crippen molar-refractivity contribution in [2.45, 2.75) is 76.3 Å². The molecule has 0 spiro atoms. The van der Waals surface area contributed by atoms with E-state index in [4.69, 9.17) is 21.2 Å². The van der Waals surface area contributed by atoms with Crippen molar-refractivity contribution in [3.63, 3.8) is 0 Å². The summed E-state index contributed by atoms with van der Waals surface area (Å²) in [6.45, 7) is 6.50. The minimum absolute atomic E-state index is 0.0435. The molecule has 0 radical (unpaired) electrons. The Morgan fingerprint density at radius 2 is 1.88 bits per heavy atom. The predicted octanol–water partition coefficient (Wildman–Crippen LogP) is 4.33. The third-order valence-electron chi connectivity index (χ3n) is 8.94. The van der Waals surface area contributed by atoms with Crippen LogP contribution in [0.25, 0.3) is 11.1 Å². The van der Waals surface area contributed by atoms with E-state index < -0.39 is 9.84 Å². The first kappa shape index (κ1) is 27.9. The van der Waals surface area contributed by atoms with Crippen LogP contribution >= 0.6 is 0 Å². The van der Waals surface area contributed by atoms with E-state index in [0.29, 0.717) is 25.3 Å². The Hall–Kier alpha value is -3.24. The average Bonchev–Trinajstić information content (AvgIpc) is 3.15. The lowest BCUT2D eigenvalue weighted by atomic mass is 9.76. The second-order valence-electron chi connectivity index (χ2n) is 12.7. The number of ether oxygens (including phenoxy) is 1. The Bertz CT molecular complexity index is 1550. The Kier molecular flexibility index (Phi) is 7.40. The standard InChI is InChI=1S/C31H40N6O3S/c1-31(2)10-9-26-25(15-31)30(36-19-35-26)37-11-12-40-27-8-5-21(13-23(27)17-37)22-14-28(29(33)34-16-22)41(38,39)18-20-3-6-24(32)7-4-20/h5,8,13-14,16,19-20,24H,3-4,6-7,9-12,15,17-18,32H2,1-2H3,(H2,33,34). The summed E-state index contributed by atoms with van der Waals surface area (Å²) in [5.74, 6) is 2.02. The molecular formula is C31H40N6O3S. The van der Waals surface area contributed by atoms with Gasteiger partial charge in [0.15, 0.2) is 9.84 Å². The van der Waals surface area contributed by atoms with E-state index in [-0.39, 0.29) is 33.8 Å². The van der Waals surface area contributed by atoms with Gasteiger partial charge in [-0.25, -0.2) is 23.4 Å². The number of benzene rings is 1. The number of aryl methyl sites for hydroxylation is 1. The molecule has 0 unspecified atom stereocenters. The van der Waals surface area contributed by atoms with Crippen molar-refractivity contribution >= 4 is 21.5 Å². The first-order chi connectivity index (χ1) is 19.6. The van der Waals surface area contributed by atoms with E-state index in [1.807, 2.05) is 12.1 Å². The van der Waals surface area contributed by atoms with Crippen LogP contribution in [0.5, 0.6) is 5.75 Å². The number of sulfone groups is 1. The van der Waals surface area contributed by atoms with Crippen LogP contribution in [0.2, 0.25) is 0 Å². The largest absolute Gasteiger partial charge is 0.491 e. The molecule has 1 saturated carbocycles. The SMILES string of the molecule is CC1(C)CCc2ncnc(N3CCOc4ccc(-c5cnc(N)c(S(=O)(=O)CC6CCC(N)CC6)c5)cc4C3)c2C1. The van der Waals surface area contributed by atoms with Crippen LogP contribution in [-0.2, 0) is 29.2 Å². The Morgan fingerprint density at radius 1 is 1.07 bits per heavy atom. The molecule has 0 amide bonds. The molecule has 0 saturated heterocycles. The number of hydrogen-bond donors (Lipinski definition) is 2. The third-order valence-corrected chi connectivity index (χ3v) is 10.8. The molecule has 41 heavy (non-hydrogen) atoms. The summed E-state index contributed by atoms with van der Waals surface area (Å²) in [6, 6.07) is 7.82. The number of rotatable bonds is 5. The van der Waals surface area contributed by atoms with Crippen molar-refractivity contribution in [2.75, 3.05) is 29.5 Å². The fourth-order valence-corrected chi connectivity index (χ4v) is 8.31. The lowest BCUT2D eigenvalue weighted by molar-refractivity contribution is 0.310. The maximum Gasteiger partial charge on any atom is 0.182 e. The van der Waals surface area contributed by atoms with Crippen LogP contribution in [0.1, 0.15) is 62.8 Å². The summed E-state index contributed by atoms with van der Waals surface area (Å²) in [4.78, 5) is 16.0. The van der Waals surface area contributed by atoms with Gasteiger partial charge in [-0.3, -0.25) is 0 Å². The number of hydrogen-bond acceptors (Lipinski definition) is 9. The van der Waals surface area contributed by atoms with Gasteiger partial charge in [-0.1, -0.05) is 19.9 Å².